The number of hydrogen-bond donors (Lipinski definition) is 2. The third kappa shape index (κ3) is 5.28. The van der Waals surface area contributed by atoms with Gasteiger partial charge in [0, 0.05) is 12.6 Å². The summed E-state index contributed by atoms with van der Waals surface area (Å²) in [5.41, 5.74) is 0. The number of likely N-dealkylation sites (N-methyl/N-ethyl adjacent to an activating group) is 1. The number of carbonyl (C=O) groups is 1. The molecule has 0 radical (unpaired) electrons. The molecule has 20 heavy (non-hydrogen) atoms. The van der Waals surface area contributed by atoms with E-state index in [1.807, 2.05) is 0 Å². The molecule has 0 aromatic heterocycles. The number of hydrogen-bond acceptors (Lipinski definition) is 3. The van der Waals surface area contributed by atoms with Crippen LogP contribution < -0.4 is 5.32 Å². The topological polar surface area (TPSA) is 52.6 Å². The molecular formula is C13H23F3N2O2. The highest BCUT2D eigenvalue weighted by Gasteiger charge is 2.39. The first-order valence-corrected chi connectivity index (χ1v) is 6.97. The van der Waals surface area contributed by atoms with Crippen molar-refractivity contribution in [1.29, 1.82) is 0 Å². The molecule has 2 unspecified atom stereocenters. The molecule has 2 atom stereocenters. The minimum absolute atomic E-state index is 0.125. The molecule has 0 spiro atoms. The van der Waals surface area contributed by atoms with E-state index in [1.165, 1.54) is 18.4 Å². The van der Waals surface area contributed by atoms with Crippen LogP contribution >= 0.6 is 0 Å². The van der Waals surface area contributed by atoms with E-state index < -0.39 is 24.9 Å². The van der Waals surface area contributed by atoms with Crippen LogP contribution in [0.15, 0.2) is 0 Å². The van der Waals surface area contributed by atoms with Crippen molar-refractivity contribution < 1.29 is 23.1 Å². The maximum absolute atomic E-state index is 12.3. The lowest BCUT2D eigenvalue weighted by Crippen LogP contribution is -2.50. The van der Waals surface area contributed by atoms with Crippen LogP contribution in [0.3, 0.4) is 0 Å². The summed E-state index contributed by atoms with van der Waals surface area (Å²) in [6.07, 6.45) is -1.93. The van der Waals surface area contributed by atoms with Gasteiger partial charge in [-0.3, -0.25) is 9.69 Å². The van der Waals surface area contributed by atoms with Gasteiger partial charge in [0.1, 0.15) is 0 Å². The predicted molar refractivity (Wildman–Crippen MR) is 69.2 cm³/mol. The predicted octanol–water partition coefficient (Wildman–Crippen LogP) is 1.68. The summed E-state index contributed by atoms with van der Waals surface area (Å²) >= 11 is 0. The third-order valence-electron chi connectivity index (χ3n) is 3.83. The number of rotatable bonds is 5. The lowest BCUT2D eigenvalue weighted by molar-refractivity contribution is -0.208. The van der Waals surface area contributed by atoms with Crippen LogP contribution in [0.25, 0.3) is 0 Å². The Balaban J connectivity index is 2.42. The average Bonchev–Trinajstić information content (AvgIpc) is 2.37. The first-order valence-electron chi connectivity index (χ1n) is 6.97. The Bertz CT molecular complexity index is 317. The van der Waals surface area contributed by atoms with E-state index in [0.717, 1.165) is 25.7 Å². The average molecular weight is 296 g/mol. The van der Waals surface area contributed by atoms with Crippen LogP contribution in [-0.4, -0.2) is 53.9 Å². The van der Waals surface area contributed by atoms with E-state index in [1.54, 1.807) is 6.92 Å². The molecule has 2 N–H and O–H groups in total. The Morgan fingerprint density at radius 3 is 2.40 bits per heavy atom. The van der Waals surface area contributed by atoms with Crippen LogP contribution in [0.2, 0.25) is 0 Å². The van der Waals surface area contributed by atoms with Crippen LogP contribution in [-0.2, 0) is 4.79 Å². The number of aliphatic hydroxyl groups excluding tert-OH is 1. The summed E-state index contributed by atoms with van der Waals surface area (Å²) in [6.45, 7) is 0.935. The highest BCUT2D eigenvalue weighted by molar-refractivity contribution is 5.81. The van der Waals surface area contributed by atoms with Crippen LogP contribution in [0, 0.1) is 0 Å². The van der Waals surface area contributed by atoms with Gasteiger partial charge in [0.15, 0.2) is 6.10 Å². The first kappa shape index (κ1) is 17.2. The van der Waals surface area contributed by atoms with Gasteiger partial charge in [-0.25, -0.2) is 0 Å². The number of nitrogens with zero attached hydrogens (tertiary/aromatic N) is 1. The number of alkyl halides is 3. The number of amides is 1. The Morgan fingerprint density at radius 1 is 1.35 bits per heavy atom. The lowest BCUT2D eigenvalue weighted by Gasteiger charge is -2.29. The van der Waals surface area contributed by atoms with Crippen molar-refractivity contribution in [3.05, 3.63) is 0 Å². The highest BCUT2D eigenvalue weighted by atomic mass is 19.4. The second kappa shape index (κ2) is 7.26. The van der Waals surface area contributed by atoms with Crippen LogP contribution in [0.1, 0.15) is 39.0 Å². The number of halogens is 3. The van der Waals surface area contributed by atoms with Crippen LogP contribution in [0.4, 0.5) is 13.2 Å². The molecule has 0 bridgehead atoms. The summed E-state index contributed by atoms with van der Waals surface area (Å²) in [4.78, 5) is 13.2. The molecule has 7 heteroatoms. The van der Waals surface area contributed by atoms with Crippen molar-refractivity contribution >= 4 is 5.91 Å². The first-order chi connectivity index (χ1) is 9.21. The molecule has 118 valence electrons. The Kier molecular flexibility index (Phi) is 6.26. The molecule has 4 nitrogen and oxygen atoms in total. The van der Waals surface area contributed by atoms with Crippen molar-refractivity contribution in [3.8, 4) is 0 Å². The molecule has 0 saturated heterocycles. The fourth-order valence-electron chi connectivity index (χ4n) is 2.30. The van der Waals surface area contributed by atoms with E-state index in [0.29, 0.717) is 0 Å². The molecule has 1 fully saturated rings. The van der Waals surface area contributed by atoms with Gasteiger partial charge < -0.3 is 10.4 Å². The quantitative estimate of drug-likeness (QED) is 0.811. The molecule has 0 aromatic carbocycles. The van der Waals surface area contributed by atoms with Gasteiger partial charge in [-0.2, -0.15) is 13.2 Å². The van der Waals surface area contributed by atoms with Gasteiger partial charge in [0.05, 0.1) is 6.04 Å². The van der Waals surface area contributed by atoms with Gasteiger partial charge in [-0.15, -0.1) is 0 Å². The molecule has 1 aliphatic rings. The molecule has 1 saturated carbocycles. The summed E-state index contributed by atoms with van der Waals surface area (Å²) < 4.78 is 36.8. The van der Waals surface area contributed by atoms with Gasteiger partial charge in [0.25, 0.3) is 0 Å². The van der Waals surface area contributed by atoms with Crippen molar-refractivity contribution in [2.45, 2.75) is 63.4 Å². The van der Waals surface area contributed by atoms with Gasteiger partial charge in [-0.05, 0) is 26.8 Å². The standard InChI is InChI=1S/C13H23F3N2O2/c1-9(18(2)8-11(19)13(14,15)16)12(20)17-10-6-4-3-5-7-10/h9-11,19H,3-8H2,1-2H3,(H,17,20). The molecule has 1 aliphatic carbocycles. The smallest absolute Gasteiger partial charge is 0.382 e. The minimum atomic E-state index is -4.66. The number of aliphatic hydroxyl groups is 1. The molecule has 0 heterocycles. The van der Waals surface area contributed by atoms with Crippen molar-refractivity contribution in [3.63, 3.8) is 0 Å². The maximum Gasteiger partial charge on any atom is 0.415 e. The zero-order chi connectivity index (χ0) is 15.3. The minimum Gasteiger partial charge on any atom is -0.382 e. The summed E-state index contributed by atoms with van der Waals surface area (Å²) in [5, 5.41) is 11.9. The molecule has 0 aliphatic heterocycles. The van der Waals surface area contributed by atoms with Crippen LogP contribution in [0.5, 0.6) is 0 Å². The van der Waals surface area contributed by atoms with Gasteiger partial charge >= 0.3 is 6.18 Å². The van der Waals surface area contributed by atoms with E-state index in [4.69, 9.17) is 5.11 Å². The van der Waals surface area contributed by atoms with Crippen molar-refractivity contribution in [2.24, 2.45) is 0 Å². The van der Waals surface area contributed by atoms with E-state index >= 15 is 0 Å². The maximum atomic E-state index is 12.3. The molecule has 1 amide bonds. The van der Waals surface area contributed by atoms with Gasteiger partial charge in [0.2, 0.25) is 5.91 Å². The highest BCUT2D eigenvalue weighted by Crippen LogP contribution is 2.21. The Labute approximate surface area is 117 Å². The number of nitrogens with one attached hydrogen (secondary N) is 1. The normalized spacial score (nSPS) is 20.8. The van der Waals surface area contributed by atoms with Crippen molar-refractivity contribution in [2.75, 3.05) is 13.6 Å². The third-order valence-corrected chi connectivity index (χ3v) is 3.83. The monoisotopic (exact) mass is 296 g/mol. The zero-order valence-corrected chi connectivity index (χ0v) is 11.9. The van der Waals surface area contributed by atoms with E-state index in [2.05, 4.69) is 5.32 Å². The second-order valence-corrected chi connectivity index (χ2v) is 5.52. The Hall–Kier alpha value is -0.820. The molecule has 1 rings (SSSR count). The van der Waals surface area contributed by atoms with E-state index in [-0.39, 0.29) is 11.9 Å². The lowest BCUT2D eigenvalue weighted by atomic mass is 9.95. The largest absolute Gasteiger partial charge is 0.415 e. The summed E-state index contributed by atoms with van der Waals surface area (Å²) in [7, 11) is 1.40. The molecular weight excluding hydrogens is 273 g/mol. The zero-order valence-electron chi connectivity index (χ0n) is 11.9. The van der Waals surface area contributed by atoms with Crippen molar-refractivity contribution in [1.82, 2.24) is 10.2 Å². The summed E-state index contributed by atoms with van der Waals surface area (Å²) in [5.74, 6) is -0.284. The Morgan fingerprint density at radius 2 is 1.90 bits per heavy atom. The number of carbonyl (C=O) groups excluding carboxylic acids is 1. The SMILES string of the molecule is CC(C(=O)NC1CCCCC1)N(C)CC(O)C(F)(F)F. The van der Waals surface area contributed by atoms with Gasteiger partial charge in [-0.1, -0.05) is 19.3 Å². The summed E-state index contributed by atoms with van der Waals surface area (Å²) in [6, 6.07) is -0.575. The fourth-order valence-corrected chi connectivity index (χ4v) is 2.30. The second-order valence-electron chi connectivity index (χ2n) is 5.52. The van der Waals surface area contributed by atoms with E-state index in [9.17, 15) is 18.0 Å². The molecule has 0 aromatic rings. The fraction of sp³-hybridized carbons (Fsp3) is 0.923.